The fourth-order valence-corrected chi connectivity index (χ4v) is 3.38. The third-order valence-electron chi connectivity index (χ3n) is 3.99. The second-order valence-corrected chi connectivity index (χ2v) is 8.39. The van der Waals surface area contributed by atoms with Crippen molar-refractivity contribution in [3.63, 3.8) is 0 Å². The maximum atomic E-state index is 12.2. The summed E-state index contributed by atoms with van der Waals surface area (Å²) in [4.78, 5) is 13.8. The van der Waals surface area contributed by atoms with E-state index < -0.39 is 20.8 Å². The molecule has 0 saturated carbocycles. The molecule has 0 radical (unpaired) electrons. The van der Waals surface area contributed by atoms with Crippen molar-refractivity contribution < 1.29 is 13.2 Å². The van der Waals surface area contributed by atoms with E-state index in [1.54, 1.807) is 18.7 Å². The summed E-state index contributed by atoms with van der Waals surface area (Å²) in [7, 11) is -3.37. The molecule has 2 atom stereocenters. The Balaban J connectivity index is 2.06. The summed E-state index contributed by atoms with van der Waals surface area (Å²) in [5, 5.41) is -0.539. The predicted molar refractivity (Wildman–Crippen MR) is 82.7 cm³/mol. The third-order valence-corrected chi connectivity index (χ3v) is 6.07. The Hall–Kier alpha value is -1.40. The van der Waals surface area contributed by atoms with Crippen molar-refractivity contribution in [2.75, 3.05) is 18.8 Å². The average molecular weight is 310 g/mol. The molecule has 2 N–H and O–H groups in total. The number of hydrogen-bond donors (Lipinski definition) is 1. The maximum Gasteiger partial charge on any atom is 0.237 e. The van der Waals surface area contributed by atoms with Gasteiger partial charge in [-0.2, -0.15) is 0 Å². The number of sulfone groups is 1. The van der Waals surface area contributed by atoms with Crippen LogP contribution in [0.4, 0.5) is 0 Å². The van der Waals surface area contributed by atoms with Gasteiger partial charge in [-0.3, -0.25) is 4.79 Å². The zero-order valence-corrected chi connectivity index (χ0v) is 13.2. The van der Waals surface area contributed by atoms with Crippen molar-refractivity contribution in [3.8, 4) is 0 Å². The molecule has 6 heteroatoms. The first-order chi connectivity index (χ1) is 9.81. The van der Waals surface area contributed by atoms with Crippen molar-refractivity contribution in [1.29, 1.82) is 0 Å². The number of carbonyl (C=O) groups excluding carboxylic acids is 1. The highest BCUT2D eigenvalue weighted by Gasteiger charge is 2.35. The average Bonchev–Trinajstić information content (AvgIpc) is 2.81. The number of nitrogens with two attached hydrogens (primary N) is 1. The summed E-state index contributed by atoms with van der Waals surface area (Å²) in [5.74, 6) is -0.715. The lowest BCUT2D eigenvalue weighted by Gasteiger charge is -2.17. The highest BCUT2D eigenvalue weighted by atomic mass is 32.2. The van der Waals surface area contributed by atoms with Gasteiger partial charge in [0, 0.05) is 25.0 Å². The molecule has 116 valence electrons. The summed E-state index contributed by atoms with van der Waals surface area (Å²) in [6.07, 6.45) is 0. The van der Waals surface area contributed by atoms with Crippen molar-refractivity contribution >= 4 is 15.7 Å². The molecule has 0 bridgehead atoms. The standard InChI is InChI=1S/C15H22N2O3S/c1-11(2)21(19,20)10-15(18)17-8-13(14(16)9-17)12-6-4-3-5-7-12/h3-7,11,13-14H,8-10,16H2,1-2H3/t13-,14+/m0/s1. The minimum absolute atomic E-state index is 0.0666. The first-order valence-corrected chi connectivity index (χ1v) is 8.82. The predicted octanol–water partition coefficient (Wildman–Crippen LogP) is 0.763. The fraction of sp³-hybridized carbons (Fsp3) is 0.533. The smallest absolute Gasteiger partial charge is 0.237 e. The fourth-order valence-electron chi connectivity index (χ4n) is 2.52. The van der Waals surface area contributed by atoms with Gasteiger partial charge in [0.1, 0.15) is 5.75 Å². The van der Waals surface area contributed by atoms with Gasteiger partial charge in [-0.15, -0.1) is 0 Å². The second-order valence-electron chi connectivity index (χ2n) is 5.84. The molecule has 1 amide bonds. The van der Waals surface area contributed by atoms with Gasteiger partial charge in [0.05, 0.1) is 5.25 Å². The van der Waals surface area contributed by atoms with Crippen LogP contribution >= 0.6 is 0 Å². The third kappa shape index (κ3) is 3.63. The van der Waals surface area contributed by atoms with Crippen LogP contribution in [0.2, 0.25) is 0 Å². The van der Waals surface area contributed by atoms with E-state index in [-0.39, 0.29) is 17.9 Å². The van der Waals surface area contributed by atoms with Gasteiger partial charge in [-0.1, -0.05) is 30.3 Å². The van der Waals surface area contributed by atoms with Gasteiger partial charge in [0.2, 0.25) is 5.91 Å². The normalized spacial score (nSPS) is 22.8. The SMILES string of the molecule is CC(C)S(=O)(=O)CC(=O)N1C[C@@H](N)[C@H](c2ccccc2)C1. The van der Waals surface area contributed by atoms with E-state index in [1.807, 2.05) is 30.3 Å². The van der Waals surface area contributed by atoms with Gasteiger partial charge in [-0.05, 0) is 19.4 Å². The number of nitrogens with zero attached hydrogens (tertiary/aromatic N) is 1. The Kier molecular flexibility index (Phi) is 4.68. The summed E-state index contributed by atoms with van der Waals surface area (Å²) in [6, 6.07) is 9.64. The van der Waals surface area contributed by atoms with Gasteiger partial charge in [0.15, 0.2) is 9.84 Å². The largest absolute Gasteiger partial charge is 0.340 e. The van der Waals surface area contributed by atoms with Crippen LogP contribution in [0.15, 0.2) is 30.3 Å². The van der Waals surface area contributed by atoms with Crippen LogP contribution in [-0.4, -0.2) is 49.4 Å². The van der Waals surface area contributed by atoms with E-state index in [0.717, 1.165) is 5.56 Å². The number of carbonyl (C=O) groups is 1. The summed E-state index contributed by atoms with van der Waals surface area (Å²) >= 11 is 0. The van der Waals surface area contributed by atoms with Crippen LogP contribution in [0.25, 0.3) is 0 Å². The first-order valence-electron chi connectivity index (χ1n) is 7.11. The van der Waals surface area contributed by atoms with E-state index >= 15 is 0 Å². The van der Waals surface area contributed by atoms with Crippen LogP contribution in [0.1, 0.15) is 25.3 Å². The summed E-state index contributed by atoms with van der Waals surface area (Å²) in [5.41, 5.74) is 7.21. The molecule has 1 aliphatic rings. The van der Waals surface area contributed by atoms with Crippen molar-refractivity contribution in [3.05, 3.63) is 35.9 Å². The lowest BCUT2D eigenvalue weighted by atomic mass is 9.95. The molecular formula is C15H22N2O3S. The van der Waals surface area contributed by atoms with Crippen LogP contribution in [0.5, 0.6) is 0 Å². The maximum absolute atomic E-state index is 12.2. The lowest BCUT2D eigenvalue weighted by Crippen LogP contribution is -2.37. The van der Waals surface area contributed by atoms with Gasteiger partial charge in [-0.25, -0.2) is 8.42 Å². The molecule has 0 aromatic heterocycles. The quantitative estimate of drug-likeness (QED) is 0.890. The Morgan fingerprint density at radius 2 is 1.90 bits per heavy atom. The molecule has 0 spiro atoms. The molecule has 2 rings (SSSR count). The van der Waals surface area contributed by atoms with Crippen molar-refractivity contribution in [2.45, 2.75) is 31.1 Å². The van der Waals surface area contributed by atoms with Crippen LogP contribution < -0.4 is 5.73 Å². The molecule has 1 aromatic rings. The minimum atomic E-state index is -3.37. The zero-order chi connectivity index (χ0) is 15.6. The Morgan fingerprint density at radius 1 is 1.29 bits per heavy atom. The highest BCUT2D eigenvalue weighted by Crippen LogP contribution is 2.26. The number of amides is 1. The molecule has 1 fully saturated rings. The highest BCUT2D eigenvalue weighted by molar-refractivity contribution is 7.92. The van der Waals surface area contributed by atoms with E-state index in [1.165, 1.54) is 0 Å². The van der Waals surface area contributed by atoms with Gasteiger partial charge >= 0.3 is 0 Å². The lowest BCUT2D eigenvalue weighted by molar-refractivity contribution is -0.127. The van der Waals surface area contributed by atoms with E-state index in [4.69, 9.17) is 5.73 Å². The molecule has 1 aliphatic heterocycles. The van der Waals surface area contributed by atoms with Crippen LogP contribution in [-0.2, 0) is 14.6 Å². The molecule has 5 nitrogen and oxygen atoms in total. The van der Waals surface area contributed by atoms with E-state index in [0.29, 0.717) is 13.1 Å². The van der Waals surface area contributed by atoms with Crippen molar-refractivity contribution in [2.24, 2.45) is 5.73 Å². The molecule has 21 heavy (non-hydrogen) atoms. The van der Waals surface area contributed by atoms with E-state index in [9.17, 15) is 13.2 Å². The molecule has 1 aromatic carbocycles. The summed E-state index contributed by atoms with van der Waals surface area (Å²) < 4.78 is 23.7. The van der Waals surface area contributed by atoms with Crippen molar-refractivity contribution in [1.82, 2.24) is 4.90 Å². The Morgan fingerprint density at radius 3 is 2.48 bits per heavy atom. The molecule has 0 unspecified atom stereocenters. The first kappa shape index (κ1) is 16.0. The number of likely N-dealkylation sites (tertiary alicyclic amines) is 1. The topological polar surface area (TPSA) is 80.5 Å². The molecular weight excluding hydrogens is 288 g/mol. The Labute approximate surface area is 126 Å². The van der Waals surface area contributed by atoms with Crippen LogP contribution in [0, 0.1) is 0 Å². The molecule has 1 saturated heterocycles. The van der Waals surface area contributed by atoms with Gasteiger partial charge in [0.25, 0.3) is 0 Å². The second kappa shape index (κ2) is 6.15. The number of benzene rings is 1. The molecule has 0 aliphatic carbocycles. The number of hydrogen-bond acceptors (Lipinski definition) is 4. The monoisotopic (exact) mass is 310 g/mol. The van der Waals surface area contributed by atoms with E-state index in [2.05, 4.69) is 0 Å². The number of rotatable bonds is 4. The summed E-state index contributed by atoms with van der Waals surface area (Å²) in [6.45, 7) is 4.07. The van der Waals surface area contributed by atoms with Gasteiger partial charge < -0.3 is 10.6 Å². The molecule has 1 heterocycles. The van der Waals surface area contributed by atoms with Crippen LogP contribution in [0.3, 0.4) is 0 Å². The minimum Gasteiger partial charge on any atom is -0.340 e. The Bertz CT molecular complexity index is 599. The zero-order valence-electron chi connectivity index (χ0n) is 12.4.